The van der Waals surface area contributed by atoms with Crippen molar-refractivity contribution in [3.63, 3.8) is 0 Å². The number of aryl methyl sites for hydroxylation is 1. The van der Waals surface area contributed by atoms with Gasteiger partial charge in [-0.25, -0.2) is 4.98 Å². The van der Waals surface area contributed by atoms with Crippen LogP contribution in [-0.2, 0) is 5.41 Å². The fraction of sp³-hybridized carbons (Fsp3) is 0.375. The number of aromatic amines is 1. The quantitative estimate of drug-likeness (QED) is 0.743. The molecule has 1 aromatic heterocycles. The zero-order valence-corrected chi connectivity index (χ0v) is 15.3. The van der Waals surface area contributed by atoms with Crippen LogP contribution >= 0.6 is 28.1 Å². The standard InChI is InChI=1S/C16H19BrN2OS/c1-9-6-7-10(11(8-9)20-5)14-18-13(16(2,3)4)12(17)15(21)19-14/h6-8H,1-5H3,(H,18,19,21). The van der Waals surface area contributed by atoms with Gasteiger partial charge in [0.25, 0.3) is 0 Å². The summed E-state index contributed by atoms with van der Waals surface area (Å²) in [5, 5.41) is 0. The molecule has 0 spiro atoms. The Labute approximate surface area is 138 Å². The van der Waals surface area contributed by atoms with Gasteiger partial charge in [-0.1, -0.05) is 39.1 Å². The van der Waals surface area contributed by atoms with Crippen molar-refractivity contribution in [2.45, 2.75) is 33.1 Å². The van der Waals surface area contributed by atoms with E-state index in [-0.39, 0.29) is 5.41 Å². The predicted octanol–water partition coefficient (Wildman–Crippen LogP) is 5.18. The summed E-state index contributed by atoms with van der Waals surface area (Å²) in [4.78, 5) is 7.89. The molecule has 3 nitrogen and oxygen atoms in total. The average molecular weight is 367 g/mol. The van der Waals surface area contributed by atoms with Crippen LogP contribution < -0.4 is 4.74 Å². The lowest BCUT2D eigenvalue weighted by Gasteiger charge is -2.21. The fourth-order valence-corrected chi connectivity index (χ4v) is 3.07. The molecule has 0 radical (unpaired) electrons. The number of methoxy groups -OCH3 is 1. The molecule has 1 aromatic carbocycles. The van der Waals surface area contributed by atoms with Crippen LogP contribution in [0.25, 0.3) is 11.4 Å². The smallest absolute Gasteiger partial charge is 0.144 e. The molecule has 2 aromatic rings. The molecule has 112 valence electrons. The van der Waals surface area contributed by atoms with Gasteiger partial charge in [0.15, 0.2) is 0 Å². The highest BCUT2D eigenvalue weighted by atomic mass is 79.9. The van der Waals surface area contributed by atoms with Gasteiger partial charge in [0.1, 0.15) is 16.2 Å². The number of rotatable bonds is 2. The molecule has 0 amide bonds. The Hall–Kier alpha value is -1.20. The topological polar surface area (TPSA) is 37.9 Å². The number of ether oxygens (including phenoxy) is 1. The van der Waals surface area contributed by atoms with E-state index in [1.807, 2.05) is 25.1 Å². The van der Waals surface area contributed by atoms with Crippen LogP contribution in [0.4, 0.5) is 0 Å². The minimum absolute atomic E-state index is 0.0674. The van der Waals surface area contributed by atoms with Crippen LogP contribution in [0.3, 0.4) is 0 Å². The van der Waals surface area contributed by atoms with Crippen LogP contribution in [-0.4, -0.2) is 17.1 Å². The van der Waals surface area contributed by atoms with Crippen molar-refractivity contribution in [3.8, 4) is 17.1 Å². The van der Waals surface area contributed by atoms with Gasteiger partial charge in [-0.2, -0.15) is 0 Å². The van der Waals surface area contributed by atoms with Crippen molar-refractivity contribution in [1.82, 2.24) is 9.97 Å². The molecule has 0 aliphatic rings. The van der Waals surface area contributed by atoms with E-state index in [9.17, 15) is 0 Å². The Morgan fingerprint density at radius 1 is 1.29 bits per heavy atom. The molecule has 5 heteroatoms. The number of hydrogen-bond donors (Lipinski definition) is 1. The van der Waals surface area contributed by atoms with Gasteiger partial charge >= 0.3 is 0 Å². The van der Waals surface area contributed by atoms with E-state index < -0.39 is 0 Å². The fourth-order valence-electron chi connectivity index (χ4n) is 2.10. The zero-order chi connectivity index (χ0) is 15.8. The van der Waals surface area contributed by atoms with Crippen LogP contribution in [0.5, 0.6) is 5.75 Å². The first-order chi connectivity index (χ1) is 9.74. The number of aromatic nitrogens is 2. The molecular formula is C16H19BrN2OS. The minimum atomic E-state index is -0.0674. The minimum Gasteiger partial charge on any atom is -0.496 e. The van der Waals surface area contributed by atoms with Crippen molar-refractivity contribution in [1.29, 1.82) is 0 Å². The van der Waals surface area contributed by atoms with E-state index in [1.54, 1.807) is 7.11 Å². The summed E-state index contributed by atoms with van der Waals surface area (Å²) in [6.07, 6.45) is 0. The molecule has 0 saturated heterocycles. The highest BCUT2D eigenvalue weighted by molar-refractivity contribution is 9.10. The Morgan fingerprint density at radius 3 is 2.52 bits per heavy atom. The van der Waals surface area contributed by atoms with Crippen LogP contribution in [0.1, 0.15) is 32.0 Å². The van der Waals surface area contributed by atoms with Crippen molar-refractivity contribution in [3.05, 3.63) is 38.6 Å². The van der Waals surface area contributed by atoms with E-state index in [1.165, 1.54) is 0 Å². The molecule has 2 rings (SSSR count). The maximum atomic E-state index is 5.47. The second kappa shape index (κ2) is 5.89. The molecule has 0 atom stereocenters. The molecule has 0 aliphatic heterocycles. The van der Waals surface area contributed by atoms with E-state index in [0.29, 0.717) is 4.64 Å². The molecule has 0 saturated carbocycles. The third kappa shape index (κ3) is 3.35. The van der Waals surface area contributed by atoms with Crippen LogP contribution in [0.2, 0.25) is 0 Å². The van der Waals surface area contributed by atoms with E-state index in [2.05, 4.69) is 46.7 Å². The molecule has 0 unspecified atom stereocenters. The Morgan fingerprint density at radius 2 is 1.95 bits per heavy atom. The number of H-pyrrole nitrogens is 1. The molecule has 0 fully saturated rings. The van der Waals surface area contributed by atoms with Gasteiger partial charge in [-0.15, -0.1) is 0 Å². The largest absolute Gasteiger partial charge is 0.496 e. The first kappa shape index (κ1) is 16.2. The number of hydrogen-bond acceptors (Lipinski definition) is 3. The van der Waals surface area contributed by atoms with E-state index in [4.69, 9.17) is 17.0 Å². The van der Waals surface area contributed by atoms with Crippen molar-refractivity contribution < 1.29 is 4.74 Å². The predicted molar refractivity (Wildman–Crippen MR) is 92.5 cm³/mol. The van der Waals surface area contributed by atoms with Gasteiger partial charge in [0, 0.05) is 11.1 Å². The van der Waals surface area contributed by atoms with Gasteiger partial charge < -0.3 is 9.72 Å². The molecule has 1 heterocycles. The van der Waals surface area contributed by atoms with Gasteiger partial charge in [0.05, 0.1) is 17.1 Å². The maximum Gasteiger partial charge on any atom is 0.144 e. The number of benzene rings is 1. The van der Waals surface area contributed by atoms with Gasteiger partial charge in [-0.05, 0) is 40.5 Å². The summed E-state index contributed by atoms with van der Waals surface area (Å²) < 4.78 is 6.87. The van der Waals surface area contributed by atoms with E-state index in [0.717, 1.165) is 32.9 Å². The molecular weight excluding hydrogens is 348 g/mol. The van der Waals surface area contributed by atoms with Crippen molar-refractivity contribution in [2.24, 2.45) is 0 Å². The average Bonchev–Trinajstić information content (AvgIpc) is 2.40. The third-order valence-electron chi connectivity index (χ3n) is 3.23. The number of nitrogens with one attached hydrogen (secondary N) is 1. The molecule has 0 aliphatic carbocycles. The number of halogens is 1. The Balaban J connectivity index is 2.71. The second-order valence-electron chi connectivity index (χ2n) is 6.03. The Kier molecular flexibility index (Phi) is 4.54. The monoisotopic (exact) mass is 366 g/mol. The van der Waals surface area contributed by atoms with Crippen LogP contribution in [0, 0.1) is 11.6 Å². The van der Waals surface area contributed by atoms with E-state index >= 15 is 0 Å². The summed E-state index contributed by atoms with van der Waals surface area (Å²) in [7, 11) is 1.66. The van der Waals surface area contributed by atoms with Crippen molar-refractivity contribution in [2.75, 3.05) is 7.11 Å². The lowest BCUT2D eigenvalue weighted by molar-refractivity contribution is 0.415. The maximum absolute atomic E-state index is 5.47. The van der Waals surface area contributed by atoms with Gasteiger partial charge in [-0.3, -0.25) is 0 Å². The SMILES string of the molecule is COc1cc(C)ccc1-c1nc(=S)c(Br)c(C(C)(C)C)[nH]1. The molecule has 1 N–H and O–H groups in total. The highest BCUT2D eigenvalue weighted by Gasteiger charge is 2.21. The van der Waals surface area contributed by atoms with Gasteiger partial charge in [0.2, 0.25) is 0 Å². The number of nitrogens with zero attached hydrogens (tertiary/aromatic N) is 1. The first-order valence-corrected chi connectivity index (χ1v) is 7.89. The summed E-state index contributed by atoms with van der Waals surface area (Å²) in [6, 6.07) is 6.03. The van der Waals surface area contributed by atoms with Crippen LogP contribution in [0.15, 0.2) is 22.7 Å². The lowest BCUT2D eigenvalue weighted by atomic mass is 9.92. The zero-order valence-electron chi connectivity index (χ0n) is 12.9. The third-order valence-corrected chi connectivity index (χ3v) is 4.56. The highest BCUT2D eigenvalue weighted by Crippen LogP contribution is 2.33. The summed E-state index contributed by atoms with van der Waals surface area (Å²) in [5.74, 6) is 1.51. The molecule has 21 heavy (non-hydrogen) atoms. The first-order valence-electron chi connectivity index (χ1n) is 6.69. The second-order valence-corrected chi connectivity index (χ2v) is 7.21. The summed E-state index contributed by atoms with van der Waals surface area (Å²) >= 11 is 8.92. The molecule has 0 bridgehead atoms. The summed E-state index contributed by atoms with van der Waals surface area (Å²) in [5.41, 5.74) is 3.01. The lowest BCUT2D eigenvalue weighted by Crippen LogP contribution is -2.16. The Bertz CT molecular complexity index is 732. The summed E-state index contributed by atoms with van der Waals surface area (Å²) in [6.45, 7) is 8.43. The normalized spacial score (nSPS) is 11.5. The van der Waals surface area contributed by atoms with Crippen molar-refractivity contribution >= 4 is 28.1 Å².